The van der Waals surface area contributed by atoms with E-state index < -0.39 is 21.5 Å². The average molecular weight is 307 g/mol. The van der Waals surface area contributed by atoms with Crippen molar-refractivity contribution in [2.45, 2.75) is 5.51 Å². The van der Waals surface area contributed by atoms with Crippen LogP contribution in [-0.2, 0) is 10.1 Å². The Hall–Kier alpha value is -2.03. The summed E-state index contributed by atoms with van der Waals surface area (Å²) in [5.41, 5.74) is -5.50. The summed E-state index contributed by atoms with van der Waals surface area (Å²) in [4.78, 5) is 3.52. The van der Waals surface area contributed by atoms with Crippen LogP contribution >= 0.6 is 0 Å². The quantitative estimate of drug-likeness (QED) is 0.644. The van der Waals surface area contributed by atoms with Crippen LogP contribution in [0.4, 0.5) is 13.2 Å². The zero-order chi connectivity index (χ0) is 15.0. The first-order chi connectivity index (χ1) is 9.23. The lowest BCUT2D eigenvalue weighted by Gasteiger charge is -2.09. The van der Waals surface area contributed by atoms with Gasteiger partial charge < -0.3 is 8.92 Å². The van der Waals surface area contributed by atoms with Crippen LogP contribution in [0, 0.1) is 0 Å². The SMILES string of the molecule is COc1ccc2cc(OS(=O)(=O)C(F)(F)F)ncc2c1. The van der Waals surface area contributed by atoms with Crippen molar-refractivity contribution in [1.29, 1.82) is 0 Å². The van der Waals surface area contributed by atoms with Crippen LogP contribution in [0.3, 0.4) is 0 Å². The molecule has 0 radical (unpaired) electrons. The molecule has 0 aliphatic carbocycles. The van der Waals surface area contributed by atoms with Gasteiger partial charge in [0.05, 0.1) is 7.11 Å². The molecule has 20 heavy (non-hydrogen) atoms. The van der Waals surface area contributed by atoms with Crippen molar-refractivity contribution in [2.24, 2.45) is 0 Å². The van der Waals surface area contributed by atoms with Crippen LogP contribution in [0.2, 0.25) is 0 Å². The number of hydrogen-bond donors (Lipinski definition) is 0. The summed E-state index contributed by atoms with van der Waals surface area (Å²) >= 11 is 0. The zero-order valence-electron chi connectivity index (χ0n) is 10.0. The minimum absolute atomic E-state index is 0.466. The van der Waals surface area contributed by atoms with Gasteiger partial charge in [0.2, 0.25) is 5.88 Å². The lowest BCUT2D eigenvalue weighted by molar-refractivity contribution is -0.0501. The summed E-state index contributed by atoms with van der Waals surface area (Å²) in [5, 5.41) is 1.04. The predicted molar refractivity (Wildman–Crippen MR) is 63.9 cm³/mol. The predicted octanol–water partition coefficient (Wildman–Crippen LogP) is 2.47. The number of hydrogen-bond acceptors (Lipinski definition) is 5. The van der Waals surface area contributed by atoms with Gasteiger partial charge in [-0.2, -0.15) is 21.6 Å². The summed E-state index contributed by atoms with van der Waals surface area (Å²) in [5.74, 6) is -0.115. The number of benzene rings is 1. The Morgan fingerprint density at radius 2 is 1.85 bits per heavy atom. The van der Waals surface area contributed by atoms with Crippen LogP contribution in [0.1, 0.15) is 0 Å². The second-order valence-corrected chi connectivity index (χ2v) is 5.26. The van der Waals surface area contributed by atoms with Crippen LogP contribution in [0.5, 0.6) is 11.6 Å². The number of alkyl halides is 3. The van der Waals surface area contributed by atoms with E-state index in [1.54, 1.807) is 18.2 Å². The summed E-state index contributed by atoms with van der Waals surface area (Å²) in [7, 11) is -4.26. The van der Waals surface area contributed by atoms with Crippen LogP contribution < -0.4 is 8.92 Å². The fourth-order valence-electron chi connectivity index (χ4n) is 1.43. The molecule has 5 nitrogen and oxygen atoms in total. The molecule has 1 aromatic carbocycles. The maximum absolute atomic E-state index is 12.2. The maximum Gasteiger partial charge on any atom is 0.534 e. The van der Waals surface area contributed by atoms with Crippen molar-refractivity contribution in [1.82, 2.24) is 4.98 Å². The Morgan fingerprint density at radius 1 is 1.15 bits per heavy atom. The Labute approximate surface area is 112 Å². The molecule has 9 heteroatoms. The summed E-state index contributed by atoms with van der Waals surface area (Å²) in [6.07, 6.45) is 1.19. The first kappa shape index (κ1) is 14.4. The molecule has 0 spiro atoms. The van der Waals surface area contributed by atoms with E-state index in [4.69, 9.17) is 4.74 Å². The molecule has 0 aliphatic heterocycles. The van der Waals surface area contributed by atoms with Crippen molar-refractivity contribution < 1.29 is 30.5 Å². The maximum atomic E-state index is 12.2. The molecule has 0 atom stereocenters. The van der Waals surface area contributed by atoms with Crippen molar-refractivity contribution in [3.05, 3.63) is 30.5 Å². The molecule has 1 heterocycles. The molecular weight excluding hydrogens is 299 g/mol. The Bertz CT molecular complexity index is 743. The second-order valence-electron chi connectivity index (χ2n) is 3.72. The van der Waals surface area contributed by atoms with Crippen LogP contribution in [0.25, 0.3) is 10.8 Å². The summed E-state index contributed by atoms with van der Waals surface area (Å²) < 4.78 is 67.1. The molecule has 108 valence electrons. The summed E-state index contributed by atoms with van der Waals surface area (Å²) in [6, 6.07) is 5.82. The third-order valence-electron chi connectivity index (χ3n) is 2.38. The number of ether oxygens (including phenoxy) is 1. The number of nitrogens with zero attached hydrogens (tertiary/aromatic N) is 1. The van der Waals surface area contributed by atoms with E-state index in [1.807, 2.05) is 0 Å². The van der Waals surface area contributed by atoms with Gasteiger partial charge in [0.25, 0.3) is 0 Å². The van der Waals surface area contributed by atoms with E-state index in [0.29, 0.717) is 16.5 Å². The Morgan fingerprint density at radius 3 is 2.45 bits per heavy atom. The van der Waals surface area contributed by atoms with E-state index in [9.17, 15) is 21.6 Å². The smallest absolute Gasteiger partial charge is 0.497 e. The van der Waals surface area contributed by atoms with E-state index >= 15 is 0 Å². The van der Waals surface area contributed by atoms with E-state index in [2.05, 4.69) is 9.17 Å². The van der Waals surface area contributed by atoms with Gasteiger partial charge in [-0.1, -0.05) is 6.07 Å². The molecule has 0 saturated heterocycles. The van der Waals surface area contributed by atoms with Crippen molar-refractivity contribution in [3.8, 4) is 11.6 Å². The highest BCUT2D eigenvalue weighted by molar-refractivity contribution is 7.87. The summed E-state index contributed by atoms with van der Waals surface area (Å²) in [6.45, 7) is 0. The van der Waals surface area contributed by atoms with Gasteiger partial charge in [-0.05, 0) is 17.5 Å². The zero-order valence-corrected chi connectivity index (χ0v) is 10.8. The molecule has 0 aliphatic rings. The highest BCUT2D eigenvalue weighted by Crippen LogP contribution is 2.28. The highest BCUT2D eigenvalue weighted by Gasteiger charge is 2.48. The van der Waals surface area contributed by atoms with Gasteiger partial charge in [-0.15, -0.1) is 0 Å². The third kappa shape index (κ3) is 2.77. The second kappa shape index (κ2) is 4.82. The van der Waals surface area contributed by atoms with E-state index in [1.165, 1.54) is 13.3 Å². The molecule has 0 unspecified atom stereocenters. The van der Waals surface area contributed by atoms with Crippen LogP contribution in [0.15, 0.2) is 30.5 Å². The molecule has 0 N–H and O–H groups in total. The molecular formula is C11H8F3NO4S. The fraction of sp³-hybridized carbons (Fsp3) is 0.182. The fourth-order valence-corrected chi connectivity index (χ4v) is 1.84. The van der Waals surface area contributed by atoms with Gasteiger partial charge in [-0.3, -0.25) is 0 Å². The van der Waals surface area contributed by atoms with Crippen molar-refractivity contribution in [3.63, 3.8) is 0 Å². The van der Waals surface area contributed by atoms with Crippen molar-refractivity contribution >= 4 is 20.9 Å². The number of methoxy groups -OCH3 is 1. The first-order valence-electron chi connectivity index (χ1n) is 5.17. The number of fused-ring (bicyclic) bond motifs is 1. The number of pyridine rings is 1. The lowest BCUT2D eigenvalue weighted by Crippen LogP contribution is -2.28. The van der Waals surface area contributed by atoms with Gasteiger partial charge >= 0.3 is 15.6 Å². The van der Waals surface area contributed by atoms with Crippen LogP contribution in [-0.4, -0.2) is 26.0 Å². The minimum Gasteiger partial charge on any atom is -0.497 e. The molecule has 0 fully saturated rings. The minimum atomic E-state index is -5.72. The molecule has 2 aromatic rings. The van der Waals surface area contributed by atoms with E-state index in [0.717, 1.165) is 6.07 Å². The van der Waals surface area contributed by atoms with Gasteiger partial charge in [-0.25, -0.2) is 4.98 Å². The molecule has 1 aromatic heterocycles. The number of aromatic nitrogens is 1. The molecule has 2 rings (SSSR count). The third-order valence-corrected chi connectivity index (χ3v) is 3.34. The van der Waals surface area contributed by atoms with Gasteiger partial charge in [0.1, 0.15) is 5.75 Å². The van der Waals surface area contributed by atoms with Gasteiger partial charge in [0.15, 0.2) is 0 Å². The Kier molecular flexibility index (Phi) is 3.46. The monoisotopic (exact) mass is 307 g/mol. The largest absolute Gasteiger partial charge is 0.534 e. The first-order valence-corrected chi connectivity index (χ1v) is 6.58. The lowest BCUT2D eigenvalue weighted by atomic mass is 10.2. The van der Waals surface area contributed by atoms with E-state index in [-0.39, 0.29) is 0 Å². The molecule has 0 amide bonds. The van der Waals surface area contributed by atoms with Crippen molar-refractivity contribution in [2.75, 3.05) is 7.11 Å². The topological polar surface area (TPSA) is 65.5 Å². The standard InChI is InChI=1S/C11H8F3NO4S/c1-18-9-3-2-7-5-10(15-6-8(7)4-9)19-20(16,17)11(12,13)14/h2-6H,1H3. The highest BCUT2D eigenvalue weighted by atomic mass is 32.2. The number of rotatable bonds is 3. The normalized spacial score (nSPS) is 12.4. The average Bonchev–Trinajstić information content (AvgIpc) is 2.36. The number of halogens is 3. The van der Waals surface area contributed by atoms with Gasteiger partial charge in [0, 0.05) is 17.6 Å². The molecule has 0 saturated carbocycles. The Balaban J connectivity index is 2.38. The molecule has 0 bridgehead atoms.